The van der Waals surface area contributed by atoms with Crippen LogP contribution in [0.4, 0.5) is 5.82 Å². The Kier molecular flexibility index (Phi) is 4.96. The molecule has 0 bridgehead atoms. The van der Waals surface area contributed by atoms with Crippen molar-refractivity contribution in [2.24, 2.45) is 5.92 Å². The van der Waals surface area contributed by atoms with Gasteiger partial charge in [-0.15, -0.1) is 5.10 Å². The normalized spacial score (nSPS) is 15.7. The number of piperidine rings is 1. The topological polar surface area (TPSA) is 81.9 Å². The first-order chi connectivity index (χ1) is 10.4. The minimum atomic E-state index is 0.0420. The molecule has 118 valence electrons. The summed E-state index contributed by atoms with van der Waals surface area (Å²) in [4.78, 5) is 13.9. The van der Waals surface area contributed by atoms with Crippen LogP contribution in [0.25, 0.3) is 0 Å². The number of carbonyl (C=O) groups is 1. The van der Waals surface area contributed by atoms with Crippen molar-refractivity contribution in [2.75, 3.05) is 18.4 Å². The quantitative estimate of drug-likeness (QED) is 0.923. The number of nitrogens with one attached hydrogen (secondary N) is 1. The van der Waals surface area contributed by atoms with Gasteiger partial charge in [-0.25, -0.2) is 0 Å². The van der Waals surface area contributed by atoms with Gasteiger partial charge < -0.3 is 10.2 Å². The van der Waals surface area contributed by atoms with Crippen LogP contribution in [0.5, 0.6) is 0 Å². The SMILES string of the molecule is Cc1nnc(NC2CCN(C(=O)C(C)C)CC2)c(C#N)c1C. The molecule has 6 nitrogen and oxygen atoms in total. The van der Waals surface area contributed by atoms with Crippen LogP contribution in [0.1, 0.15) is 43.5 Å². The summed E-state index contributed by atoms with van der Waals surface area (Å²) in [5.41, 5.74) is 2.21. The van der Waals surface area contributed by atoms with Crippen LogP contribution < -0.4 is 5.32 Å². The molecule has 1 fully saturated rings. The summed E-state index contributed by atoms with van der Waals surface area (Å²) in [5, 5.41) is 20.9. The van der Waals surface area contributed by atoms with Crippen molar-refractivity contribution in [3.63, 3.8) is 0 Å². The lowest BCUT2D eigenvalue weighted by atomic mass is 10.0. The zero-order valence-electron chi connectivity index (χ0n) is 13.7. The van der Waals surface area contributed by atoms with Crippen molar-refractivity contribution >= 4 is 11.7 Å². The Morgan fingerprint density at radius 2 is 1.95 bits per heavy atom. The highest BCUT2D eigenvalue weighted by Gasteiger charge is 2.25. The van der Waals surface area contributed by atoms with E-state index >= 15 is 0 Å². The van der Waals surface area contributed by atoms with Crippen molar-refractivity contribution < 1.29 is 4.79 Å². The average Bonchev–Trinajstić information content (AvgIpc) is 2.51. The maximum absolute atomic E-state index is 12.0. The van der Waals surface area contributed by atoms with Crippen LogP contribution in [0.3, 0.4) is 0 Å². The van der Waals surface area contributed by atoms with E-state index in [2.05, 4.69) is 21.6 Å². The van der Waals surface area contributed by atoms with Gasteiger partial charge >= 0.3 is 0 Å². The van der Waals surface area contributed by atoms with E-state index in [1.54, 1.807) is 0 Å². The lowest BCUT2D eigenvalue weighted by Crippen LogP contribution is -2.44. The van der Waals surface area contributed by atoms with Crippen LogP contribution in [0.2, 0.25) is 0 Å². The number of nitrogens with zero attached hydrogens (tertiary/aromatic N) is 4. The third kappa shape index (κ3) is 3.35. The highest BCUT2D eigenvalue weighted by molar-refractivity contribution is 5.78. The fraction of sp³-hybridized carbons (Fsp3) is 0.625. The van der Waals surface area contributed by atoms with E-state index in [1.165, 1.54) is 0 Å². The summed E-state index contributed by atoms with van der Waals surface area (Å²) in [7, 11) is 0. The summed E-state index contributed by atoms with van der Waals surface area (Å²) < 4.78 is 0. The molecular weight excluding hydrogens is 278 g/mol. The van der Waals surface area contributed by atoms with E-state index in [4.69, 9.17) is 0 Å². The van der Waals surface area contributed by atoms with Crippen LogP contribution >= 0.6 is 0 Å². The minimum Gasteiger partial charge on any atom is -0.365 e. The lowest BCUT2D eigenvalue weighted by Gasteiger charge is -2.33. The summed E-state index contributed by atoms with van der Waals surface area (Å²) in [6, 6.07) is 2.43. The molecule has 0 unspecified atom stereocenters. The number of likely N-dealkylation sites (tertiary alicyclic amines) is 1. The van der Waals surface area contributed by atoms with Gasteiger partial charge in [0.1, 0.15) is 11.6 Å². The first-order valence-electron chi connectivity index (χ1n) is 7.73. The molecule has 6 heteroatoms. The molecule has 1 aliphatic rings. The third-order valence-electron chi connectivity index (χ3n) is 4.21. The van der Waals surface area contributed by atoms with Gasteiger partial charge in [0, 0.05) is 25.0 Å². The largest absolute Gasteiger partial charge is 0.365 e. The van der Waals surface area contributed by atoms with Crippen molar-refractivity contribution in [3.8, 4) is 6.07 Å². The van der Waals surface area contributed by atoms with Gasteiger partial charge in [0.25, 0.3) is 0 Å². The van der Waals surface area contributed by atoms with Crippen molar-refractivity contribution in [2.45, 2.75) is 46.6 Å². The predicted octanol–water partition coefficient (Wildman–Crippen LogP) is 2.02. The number of rotatable bonds is 3. The molecule has 1 saturated heterocycles. The Balaban J connectivity index is 2.02. The number of aromatic nitrogens is 2. The lowest BCUT2D eigenvalue weighted by molar-refractivity contribution is -0.135. The fourth-order valence-corrected chi connectivity index (χ4v) is 2.65. The number of nitriles is 1. The van der Waals surface area contributed by atoms with Crippen LogP contribution in [-0.2, 0) is 4.79 Å². The van der Waals surface area contributed by atoms with E-state index in [1.807, 2.05) is 32.6 Å². The molecule has 0 saturated carbocycles. The van der Waals surface area contributed by atoms with Gasteiger partial charge in [0.05, 0.1) is 5.69 Å². The maximum Gasteiger partial charge on any atom is 0.225 e. The van der Waals surface area contributed by atoms with E-state index < -0.39 is 0 Å². The van der Waals surface area contributed by atoms with Crippen molar-refractivity contribution in [3.05, 3.63) is 16.8 Å². The van der Waals surface area contributed by atoms with Gasteiger partial charge in [-0.1, -0.05) is 13.8 Å². The monoisotopic (exact) mass is 301 g/mol. The summed E-state index contributed by atoms with van der Waals surface area (Å²) >= 11 is 0. The van der Waals surface area contributed by atoms with Gasteiger partial charge in [-0.2, -0.15) is 10.4 Å². The van der Waals surface area contributed by atoms with Crippen LogP contribution in [0, 0.1) is 31.1 Å². The van der Waals surface area contributed by atoms with Gasteiger partial charge in [0.15, 0.2) is 5.82 Å². The highest BCUT2D eigenvalue weighted by atomic mass is 16.2. The molecule has 2 rings (SSSR count). The van der Waals surface area contributed by atoms with Crippen LogP contribution in [-0.4, -0.2) is 40.1 Å². The van der Waals surface area contributed by atoms with Crippen molar-refractivity contribution in [1.29, 1.82) is 5.26 Å². The van der Waals surface area contributed by atoms with Gasteiger partial charge in [0.2, 0.25) is 5.91 Å². The zero-order chi connectivity index (χ0) is 16.3. The second kappa shape index (κ2) is 6.73. The van der Waals surface area contributed by atoms with E-state index in [0.29, 0.717) is 11.4 Å². The first-order valence-corrected chi connectivity index (χ1v) is 7.73. The first kappa shape index (κ1) is 16.2. The van der Waals surface area contributed by atoms with Crippen LogP contribution in [0.15, 0.2) is 0 Å². The Labute approximate surface area is 131 Å². The zero-order valence-corrected chi connectivity index (χ0v) is 13.7. The number of anilines is 1. The number of carbonyl (C=O) groups excluding carboxylic acids is 1. The molecule has 2 heterocycles. The molecule has 0 radical (unpaired) electrons. The van der Waals surface area contributed by atoms with Gasteiger partial charge in [-0.05, 0) is 32.3 Å². The maximum atomic E-state index is 12.0. The Bertz CT molecular complexity index is 597. The Morgan fingerprint density at radius 3 is 2.50 bits per heavy atom. The molecule has 0 spiro atoms. The molecule has 0 atom stereocenters. The summed E-state index contributed by atoms with van der Waals surface area (Å²) in [6.07, 6.45) is 1.72. The average molecular weight is 301 g/mol. The summed E-state index contributed by atoms with van der Waals surface area (Å²) in [6.45, 7) is 9.08. The standard InChI is InChI=1S/C16H23N5O/c1-10(2)16(22)21-7-5-13(6-8-21)18-15-14(9-17)11(3)12(4)19-20-15/h10,13H,5-8H2,1-4H3,(H,18,20). The second-order valence-electron chi connectivity index (χ2n) is 6.14. The van der Waals surface area contributed by atoms with E-state index in [0.717, 1.165) is 37.2 Å². The molecule has 1 aromatic rings. The number of aryl methyl sites for hydroxylation is 1. The Morgan fingerprint density at radius 1 is 1.32 bits per heavy atom. The smallest absolute Gasteiger partial charge is 0.225 e. The molecule has 1 aromatic heterocycles. The molecule has 1 N–H and O–H groups in total. The number of hydrogen-bond acceptors (Lipinski definition) is 5. The Hall–Kier alpha value is -2.16. The predicted molar refractivity (Wildman–Crippen MR) is 84.3 cm³/mol. The molecular formula is C16H23N5O. The third-order valence-corrected chi connectivity index (χ3v) is 4.21. The molecule has 1 amide bonds. The summed E-state index contributed by atoms with van der Waals surface area (Å²) in [5.74, 6) is 0.807. The van der Waals surface area contributed by atoms with Gasteiger partial charge in [-0.3, -0.25) is 4.79 Å². The van der Waals surface area contributed by atoms with E-state index in [9.17, 15) is 10.1 Å². The molecule has 22 heavy (non-hydrogen) atoms. The second-order valence-corrected chi connectivity index (χ2v) is 6.14. The van der Waals surface area contributed by atoms with Crippen molar-refractivity contribution in [1.82, 2.24) is 15.1 Å². The minimum absolute atomic E-state index is 0.0420. The molecule has 0 aliphatic carbocycles. The highest BCUT2D eigenvalue weighted by Crippen LogP contribution is 2.21. The van der Waals surface area contributed by atoms with E-state index in [-0.39, 0.29) is 17.9 Å². The number of amides is 1. The molecule has 1 aliphatic heterocycles. The fourth-order valence-electron chi connectivity index (χ4n) is 2.65. The molecule has 0 aromatic carbocycles. The number of hydrogen-bond donors (Lipinski definition) is 1.